The van der Waals surface area contributed by atoms with E-state index in [9.17, 15) is 27.6 Å². The van der Waals surface area contributed by atoms with Crippen molar-refractivity contribution in [2.45, 2.75) is 33.4 Å². The third-order valence-corrected chi connectivity index (χ3v) is 7.24. The van der Waals surface area contributed by atoms with Crippen LogP contribution in [0.1, 0.15) is 35.0 Å². The lowest BCUT2D eigenvalue weighted by Crippen LogP contribution is -2.36. The van der Waals surface area contributed by atoms with Gasteiger partial charge in [-0.05, 0) is 85.6 Å². The number of imide groups is 1. The zero-order chi connectivity index (χ0) is 28.5. The molecule has 0 spiro atoms. The highest BCUT2D eigenvalue weighted by molar-refractivity contribution is 8.18. The van der Waals surface area contributed by atoms with Gasteiger partial charge in [-0.2, -0.15) is 13.2 Å². The SMILES string of the molecule is CCc1ccc(-n2c(C)cc(/C=C3\SC(=O)N(CC(=O)Nc4cc(C(F)(F)F)ccc4OC)C3=O)c2C)cc1. The predicted molar refractivity (Wildman–Crippen MR) is 144 cm³/mol. The monoisotopic (exact) mass is 557 g/mol. The molecule has 2 heterocycles. The maximum atomic E-state index is 13.1. The lowest BCUT2D eigenvalue weighted by Gasteiger charge is -2.16. The van der Waals surface area contributed by atoms with Gasteiger partial charge in [0.2, 0.25) is 5.91 Å². The fourth-order valence-electron chi connectivity index (χ4n) is 4.30. The number of ether oxygens (including phenoxy) is 1. The fraction of sp³-hybridized carbons (Fsp3) is 0.250. The number of thioether (sulfide) groups is 1. The van der Waals surface area contributed by atoms with Gasteiger partial charge in [-0.1, -0.05) is 19.1 Å². The van der Waals surface area contributed by atoms with E-state index >= 15 is 0 Å². The fourth-order valence-corrected chi connectivity index (χ4v) is 5.13. The van der Waals surface area contributed by atoms with Crippen LogP contribution < -0.4 is 10.1 Å². The Hall–Kier alpha value is -3.99. The van der Waals surface area contributed by atoms with Crippen LogP contribution in [0.3, 0.4) is 0 Å². The minimum Gasteiger partial charge on any atom is -0.495 e. The summed E-state index contributed by atoms with van der Waals surface area (Å²) in [5.74, 6) is -1.50. The second-order valence-electron chi connectivity index (χ2n) is 8.91. The van der Waals surface area contributed by atoms with Gasteiger partial charge in [0.1, 0.15) is 12.3 Å². The molecule has 0 unspecified atom stereocenters. The molecular weight excluding hydrogens is 531 g/mol. The Morgan fingerprint density at radius 2 is 1.77 bits per heavy atom. The molecule has 7 nitrogen and oxygen atoms in total. The Morgan fingerprint density at radius 3 is 2.38 bits per heavy atom. The van der Waals surface area contributed by atoms with Crippen LogP contribution in [0.2, 0.25) is 0 Å². The van der Waals surface area contributed by atoms with Crippen molar-refractivity contribution in [2.75, 3.05) is 19.0 Å². The van der Waals surface area contributed by atoms with Crippen molar-refractivity contribution in [3.05, 3.63) is 81.5 Å². The lowest BCUT2D eigenvalue weighted by atomic mass is 10.1. The predicted octanol–water partition coefficient (Wildman–Crippen LogP) is 6.36. The highest BCUT2D eigenvalue weighted by Gasteiger charge is 2.37. The topological polar surface area (TPSA) is 80.6 Å². The van der Waals surface area contributed by atoms with Crippen LogP contribution in [-0.4, -0.2) is 40.2 Å². The minimum atomic E-state index is -4.63. The number of anilines is 1. The van der Waals surface area contributed by atoms with Crippen LogP contribution >= 0.6 is 11.8 Å². The van der Waals surface area contributed by atoms with Crippen LogP contribution in [0, 0.1) is 13.8 Å². The number of amides is 3. The van der Waals surface area contributed by atoms with Crippen LogP contribution in [0.25, 0.3) is 11.8 Å². The van der Waals surface area contributed by atoms with Crippen molar-refractivity contribution in [1.29, 1.82) is 0 Å². The normalized spacial score (nSPS) is 14.8. The van der Waals surface area contributed by atoms with E-state index in [1.807, 2.05) is 36.6 Å². The Balaban J connectivity index is 1.52. The van der Waals surface area contributed by atoms with Gasteiger partial charge in [-0.3, -0.25) is 19.3 Å². The number of benzene rings is 2. The highest BCUT2D eigenvalue weighted by Crippen LogP contribution is 2.36. The molecule has 11 heteroatoms. The zero-order valence-corrected chi connectivity index (χ0v) is 22.5. The number of alkyl halides is 3. The number of aryl methyl sites for hydroxylation is 2. The summed E-state index contributed by atoms with van der Waals surface area (Å²) >= 11 is 0.699. The number of hydrogen-bond acceptors (Lipinski definition) is 5. The largest absolute Gasteiger partial charge is 0.495 e. The molecule has 3 aromatic rings. The molecule has 0 bridgehead atoms. The summed E-state index contributed by atoms with van der Waals surface area (Å²) in [4.78, 5) is 39.1. The Labute approximate surface area is 227 Å². The molecular formula is C28H26F3N3O4S. The number of carbonyl (C=O) groups is 3. The molecule has 1 saturated heterocycles. The van der Waals surface area contributed by atoms with Crippen molar-refractivity contribution in [3.8, 4) is 11.4 Å². The van der Waals surface area contributed by atoms with Crippen LogP contribution in [0.4, 0.5) is 23.7 Å². The third kappa shape index (κ3) is 5.88. The molecule has 1 aliphatic rings. The van der Waals surface area contributed by atoms with E-state index in [-0.39, 0.29) is 16.3 Å². The van der Waals surface area contributed by atoms with Gasteiger partial charge in [-0.25, -0.2) is 0 Å². The molecule has 2 aromatic carbocycles. The van der Waals surface area contributed by atoms with E-state index in [2.05, 4.69) is 24.4 Å². The Morgan fingerprint density at radius 1 is 1.08 bits per heavy atom. The average molecular weight is 558 g/mol. The summed E-state index contributed by atoms with van der Waals surface area (Å²) in [5.41, 5.74) is 3.54. The summed E-state index contributed by atoms with van der Waals surface area (Å²) in [5, 5.41) is 1.66. The van der Waals surface area contributed by atoms with Crippen LogP contribution in [-0.2, 0) is 22.2 Å². The smallest absolute Gasteiger partial charge is 0.416 e. The summed E-state index contributed by atoms with van der Waals surface area (Å²) in [7, 11) is 1.25. The summed E-state index contributed by atoms with van der Waals surface area (Å²) in [6.07, 6.45) is -2.09. The number of aromatic nitrogens is 1. The number of nitrogens with zero attached hydrogens (tertiary/aromatic N) is 2. The second kappa shape index (κ2) is 11.0. The molecule has 3 amide bonds. The first kappa shape index (κ1) is 28.0. The molecule has 1 aromatic heterocycles. The molecule has 204 valence electrons. The second-order valence-corrected chi connectivity index (χ2v) is 9.90. The van der Waals surface area contributed by atoms with Gasteiger partial charge in [0.25, 0.3) is 11.1 Å². The number of methoxy groups -OCH3 is 1. The summed E-state index contributed by atoms with van der Waals surface area (Å²) in [6.45, 7) is 5.27. The first-order chi connectivity index (χ1) is 18.4. The van der Waals surface area contributed by atoms with Crippen molar-refractivity contribution < 1.29 is 32.3 Å². The highest BCUT2D eigenvalue weighted by atomic mass is 32.2. The number of rotatable bonds is 7. The molecule has 39 heavy (non-hydrogen) atoms. The summed E-state index contributed by atoms with van der Waals surface area (Å²) in [6, 6.07) is 12.7. The molecule has 1 N–H and O–H groups in total. The molecule has 0 atom stereocenters. The maximum absolute atomic E-state index is 13.1. The van der Waals surface area contributed by atoms with Gasteiger partial charge in [0, 0.05) is 17.1 Å². The third-order valence-electron chi connectivity index (χ3n) is 6.34. The van der Waals surface area contributed by atoms with Crippen molar-refractivity contribution >= 4 is 40.6 Å². The molecule has 0 saturated carbocycles. The molecule has 1 aliphatic heterocycles. The summed E-state index contributed by atoms with van der Waals surface area (Å²) < 4.78 is 46.4. The number of nitrogens with one attached hydrogen (secondary N) is 1. The standard InChI is InChI=1S/C28H26F3N3O4S/c1-5-18-6-9-21(10-7-18)34-16(2)12-19(17(34)3)13-24-26(36)33(27(37)39-24)15-25(35)32-22-14-20(28(29,30)31)8-11-23(22)38-4/h6-14H,5,15H2,1-4H3,(H,32,35)/b24-13-. The van der Waals surface area contributed by atoms with E-state index in [0.717, 1.165) is 52.2 Å². The Kier molecular flexibility index (Phi) is 7.91. The van der Waals surface area contributed by atoms with Crippen molar-refractivity contribution in [2.24, 2.45) is 0 Å². The van der Waals surface area contributed by atoms with Gasteiger partial charge < -0.3 is 14.6 Å². The van der Waals surface area contributed by atoms with Crippen LogP contribution in [0.5, 0.6) is 5.75 Å². The van der Waals surface area contributed by atoms with E-state index in [1.165, 1.54) is 12.7 Å². The number of halogens is 3. The van der Waals surface area contributed by atoms with Gasteiger partial charge >= 0.3 is 6.18 Å². The zero-order valence-electron chi connectivity index (χ0n) is 21.7. The first-order valence-electron chi connectivity index (χ1n) is 12.0. The van der Waals surface area contributed by atoms with Gasteiger partial charge in [0.15, 0.2) is 0 Å². The van der Waals surface area contributed by atoms with Crippen LogP contribution in [0.15, 0.2) is 53.4 Å². The molecule has 1 fully saturated rings. The Bertz CT molecular complexity index is 1480. The van der Waals surface area contributed by atoms with E-state index < -0.39 is 35.3 Å². The molecule has 4 rings (SSSR count). The van der Waals surface area contributed by atoms with E-state index in [4.69, 9.17) is 4.74 Å². The first-order valence-corrected chi connectivity index (χ1v) is 12.8. The number of carbonyl (C=O) groups excluding carboxylic acids is 3. The lowest BCUT2D eigenvalue weighted by molar-refractivity contribution is -0.137. The van der Waals surface area contributed by atoms with Crippen molar-refractivity contribution in [1.82, 2.24) is 9.47 Å². The maximum Gasteiger partial charge on any atom is 0.416 e. The minimum absolute atomic E-state index is 0.00470. The van der Waals surface area contributed by atoms with Gasteiger partial charge in [0.05, 0.1) is 23.3 Å². The van der Waals surface area contributed by atoms with E-state index in [1.54, 1.807) is 6.08 Å². The number of hydrogen-bond donors (Lipinski definition) is 1. The average Bonchev–Trinajstić information content (AvgIpc) is 3.32. The van der Waals surface area contributed by atoms with E-state index in [0.29, 0.717) is 11.8 Å². The van der Waals surface area contributed by atoms with Gasteiger partial charge in [-0.15, -0.1) is 0 Å². The van der Waals surface area contributed by atoms with Crippen molar-refractivity contribution in [3.63, 3.8) is 0 Å². The molecule has 0 aliphatic carbocycles. The molecule has 0 radical (unpaired) electrons. The quantitative estimate of drug-likeness (QED) is 0.342.